The second kappa shape index (κ2) is 15.7. The van der Waals surface area contributed by atoms with Gasteiger partial charge in [-0.3, -0.25) is 5.73 Å². The normalized spacial score (nSPS) is 38.9. The lowest BCUT2D eigenvalue weighted by Crippen LogP contribution is -2.94. The standard InChI is InChI=1S/C34H60N2O5/c1-2-3-5-8-23-11-12-25(30(37)20-23)9-6-4-7-10-28(33(39)40)32(38)27-13-14-29-26(15-17-34(29,41)22-27)19-24-16-18-36-31(35)21-24/h11-12,23-32,36-38,41H,2-10,13-22,35H2,1H3,(H,39,40). The summed E-state index contributed by atoms with van der Waals surface area (Å²) < 4.78 is 0. The van der Waals surface area contributed by atoms with E-state index in [2.05, 4.69) is 24.4 Å². The van der Waals surface area contributed by atoms with Crippen LogP contribution in [0, 0.1) is 41.4 Å². The molecule has 7 heteroatoms. The van der Waals surface area contributed by atoms with Crippen LogP contribution in [0.5, 0.6) is 0 Å². The van der Waals surface area contributed by atoms with E-state index in [-0.39, 0.29) is 30.0 Å². The smallest absolute Gasteiger partial charge is 0.137 e. The number of aliphatic hydroxyl groups is 3. The maximum atomic E-state index is 12.1. The van der Waals surface area contributed by atoms with E-state index in [0.717, 1.165) is 83.6 Å². The van der Waals surface area contributed by atoms with E-state index in [1.165, 1.54) is 25.7 Å². The first-order chi connectivity index (χ1) is 19.7. The van der Waals surface area contributed by atoms with Gasteiger partial charge in [0.05, 0.1) is 24.4 Å². The third-order valence-electron chi connectivity index (χ3n) is 11.6. The molecule has 7 N–H and O–H groups in total. The van der Waals surface area contributed by atoms with E-state index in [1.54, 1.807) is 0 Å². The van der Waals surface area contributed by atoms with Gasteiger partial charge in [0.25, 0.3) is 0 Å². The number of unbranched alkanes of at least 4 members (excludes halogenated alkanes) is 4. The fourth-order valence-electron chi connectivity index (χ4n) is 9.16. The minimum absolute atomic E-state index is 0.191. The summed E-state index contributed by atoms with van der Waals surface area (Å²) in [5.41, 5.74) is 5.40. The number of piperidine rings is 1. The monoisotopic (exact) mass is 576 g/mol. The molecule has 3 aliphatic carbocycles. The Bertz CT molecular complexity index is 838. The second-order valence-corrected chi connectivity index (χ2v) is 14.5. The molecule has 0 radical (unpaired) electrons. The maximum Gasteiger partial charge on any atom is 0.137 e. The van der Waals surface area contributed by atoms with E-state index in [9.17, 15) is 25.2 Å². The number of carboxylic acids is 1. The van der Waals surface area contributed by atoms with Crippen LogP contribution < -0.4 is 16.2 Å². The third kappa shape index (κ3) is 9.01. The number of carboxylic acid groups (broad SMARTS) is 1. The number of aliphatic carboxylic acids is 1. The first kappa shape index (κ1) is 32.9. The van der Waals surface area contributed by atoms with E-state index in [1.807, 2.05) is 0 Å². The molecule has 0 amide bonds. The van der Waals surface area contributed by atoms with Crippen molar-refractivity contribution in [1.82, 2.24) is 0 Å². The Balaban J connectivity index is 1.19. The Kier molecular flexibility index (Phi) is 12.6. The zero-order valence-corrected chi connectivity index (χ0v) is 25.7. The summed E-state index contributed by atoms with van der Waals surface area (Å²) in [6, 6.07) is 0. The Labute approximate surface area is 248 Å². The highest BCUT2D eigenvalue weighted by molar-refractivity contribution is 5.68. The molecule has 11 atom stereocenters. The summed E-state index contributed by atoms with van der Waals surface area (Å²) in [6.45, 7) is 3.30. The quantitative estimate of drug-likeness (QED) is 0.150. The summed E-state index contributed by atoms with van der Waals surface area (Å²) in [6.07, 6.45) is 20.4. The van der Waals surface area contributed by atoms with Crippen molar-refractivity contribution in [2.45, 2.75) is 146 Å². The molecule has 11 unspecified atom stereocenters. The van der Waals surface area contributed by atoms with Gasteiger partial charge in [0.2, 0.25) is 0 Å². The van der Waals surface area contributed by atoms with Crippen LogP contribution in [-0.2, 0) is 4.79 Å². The molecule has 7 nitrogen and oxygen atoms in total. The topological polar surface area (TPSA) is 143 Å². The van der Waals surface area contributed by atoms with Crippen molar-refractivity contribution in [1.29, 1.82) is 0 Å². The predicted octanol–water partition coefficient (Wildman–Crippen LogP) is 3.00. The Morgan fingerprint density at radius 1 is 1.07 bits per heavy atom. The van der Waals surface area contributed by atoms with Crippen molar-refractivity contribution in [3.05, 3.63) is 12.2 Å². The van der Waals surface area contributed by atoms with Crippen molar-refractivity contribution >= 4 is 5.97 Å². The minimum atomic E-state index is -1.17. The lowest BCUT2D eigenvalue weighted by Gasteiger charge is -2.44. The fourth-order valence-corrected chi connectivity index (χ4v) is 9.16. The molecule has 1 heterocycles. The molecule has 3 fully saturated rings. The molecule has 4 aliphatic rings. The zero-order valence-electron chi connectivity index (χ0n) is 25.7. The van der Waals surface area contributed by atoms with Gasteiger partial charge in [0.1, 0.15) is 6.17 Å². The van der Waals surface area contributed by atoms with Crippen molar-refractivity contribution < 1.29 is 30.5 Å². The van der Waals surface area contributed by atoms with E-state index in [0.29, 0.717) is 30.6 Å². The summed E-state index contributed by atoms with van der Waals surface area (Å²) in [5, 5.41) is 47.8. The number of aliphatic hydroxyl groups excluding tert-OH is 2. The van der Waals surface area contributed by atoms with Gasteiger partial charge in [-0.25, -0.2) is 0 Å². The van der Waals surface area contributed by atoms with Crippen molar-refractivity contribution in [2.75, 3.05) is 6.54 Å². The largest absolute Gasteiger partial charge is 0.550 e. The number of carbonyl (C=O) groups excluding carboxylic acids is 1. The van der Waals surface area contributed by atoms with Crippen molar-refractivity contribution in [3.63, 3.8) is 0 Å². The average molecular weight is 577 g/mol. The summed E-state index contributed by atoms with van der Waals surface area (Å²) in [7, 11) is 0. The van der Waals surface area contributed by atoms with Crippen molar-refractivity contribution in [3.8, 4) is 0 Å². The molecule has 0 spiro atoms. The van der Waals surface area contributed by atoms with Gasteiger partial charge in [-0.2, -0.15) is 0 Å². The van der Waals surface area contributed by atoms with Crippen LogP contribution in [0.2, 0.25) is 0 Å². The van der Waals surface area contributed by atoms with Gasteiger partial charge in [0.15, 0.2) is 0 Å². The number of rotatable bonds is 15. The van der Waals surface area contributed by atoms with Crippen LogP contribution in [0.25, 0.3) is 0 Å². The van der Waals surface area contributed by atoms with Gasteiger partial charge in [-0.05, 0) is 100 Å². The molecular formula is C34H60N2O5. The number of hydrogen-bond donors (Lipinski definition) is 5. The number of allylic oxidation sites excluding steroid dienone is 1. The van der Waals surface area contributed by atoms with Gasteiger partial charge in [0, 0.05) is 24.2 Å². The number of hydrogen-bond acceptors (Lipinski definition) is 6. The van der Waals surface area contributed by atoms with Crippen LogP contribution in [0.3, 0.4) is 0 Å². The summed E-state index contributed by atoms with van der Waals surface area (Å²) in [4.78, 5) is 12.1. The van der Waals surface area contributed by atoms with Crippen molar-refractivity contribution in [2.24, 2.45) is 47.2 Å². The van der Waals surface area contributed by atoms with E-state index in [4.69, 9.17) is 5.73 Å². The van der Waals surface area contributed by atoms with Gasteiger partial charge in [-0.15, -0.1) is 0 Å². The fraction of sp³-hybridized carbons (Fsp3) is 0.912. The molecule has 0 aromatic rings. The zero-order chi connectivity index (χ0) is 29.4. The Morgan fingerprint density at radius 3 is 2.61 bits per heavy atom. The van der Waals surface area contributed by atoms with E-state index < -0.39 is 23.6 Å². The average Bonchev–Trinajstić information content (AvgIpc) is 3.26. The molecule has 4 rings (SSSR count). The van der Waals surface area contributed by atoms with Crippen LogP contribution in [0.1, 0.15) is 122 Å². The number of fused-ring (bicyclic) bond motifs is 1. The summed E-state index contributed by atoms with van der Waals surface area (Å²) in [5.74, 6) is -0.154. The summed E-state index contributed by atoms with van der Waals surface area (Å²) >= 11 is 0. The number of quaternary nitrogens is 1. The molecule has 2 saturated carbocycles. The molecule has 0 aromatic carbocycles. The SMILES string of the molecule is CCCCCC1C=CC(CCCCCC(C(=O)[O-])C(O)C2CCC3C(CC4CC[NH2+]C(N)C4)CCC3(O)C2)C(O)C1. The van der Waals surface area contributed by atoms with Crippen LogP contribution in [0.15, 0.2) is 12.2 Å². The lowest BCUT2D eigenvalue weighted by atomic mass is 9.66. The highest BCUT2D eigenvalue weighted by Gasteiger charge is 2.52. The Hall–Kier alpha value is -0.990. The van der Waals surface area contributed by atoms with Crippen LogP contribution in [0.4, 0.5) is 0 Å². The third-order valence-corrected chi connectivity index (χ3v) is 11.6. The predicted molar refractivity (Wildman–Crippen MR) is 159 cm³/mol. The maximum absolute atomic E-state index is 12.1. The molecule has 1 aliphatic heterocycles. The molecular weight excluding hydrogens is 516 g/mol. The van der Waals surface area contributed by atoms with Crippen LogP contribution >= 0.6 is 0 Å². The second-order valence-electron chi connectivity index (χ2n) is 14.5. The van der Waals surface area contributed by atoms with Gasteiger partial charge < -0.3 is 30.5 Å². The number of carbonyl (C=O) groups is 1. The highest BCUT2D eigenvalue weighted by atomic mass is 16.4. The molecule has 236 valence electrons. The first-order valence-electron chi connectivity index (χ1n) is 17.3. The lowest BCUT2D eigenvalue weighted by molar-refractivity contribution is -0.699. The van der Waals surface area contributed by atoms with E-state index >= 15 is 0 Å². The molecule has 1 saturated heterocycles. The molecule has 41 heavy (non-hydrogen) atoms. The first-order valence-corrected chi connectivity index (χ1v) is 17.3. The molecule has 0 bridgehead atoms. The number of nitrogens with two attached hydrogens (primary N) is 2. The highest BCUT2D eigenvalue weighted by Crippen LogP contribution is 2.53. The minimum Gasteiger partial charge on any atom is -0.550 e. The Morgan fingerprint density at radius 2 is 1.88 bits per heavy atom. The van der Waals surface area contributed by atoms with Gasteiger partial charge in [-0.1, -0.05) is 57.6 Å². The van der Waals surface area contributed by atoms with Gasteiger partial charge >= 0.3 is 0 Å². The molecule has 0 aromatic heterocycles. The van der Waals surface area contributed by atoms with Crippen LogP contribution in [-0.4, -0.2) is 51.8 Å².